The van der Waals surface area contributed by atoms with Crippen LogP contribution in [0.4, 0.5) is 0 Å². The molecule has 21 heavy (non-hydrogen) atoms. The summed E-state index contributed by atoms with van der Waals surface area (Å²) in [5.41, 5.74) is -0.158. The molecule has 0 bridgehead atoms. The Morgan fingerprint density at radius 2 is 1.81 bits per heavy atom. The van der Waals surface area contributed by atoms with E-state index in [-0.39, 0.29) is 12.1 Å². The molecule has 4 unspecified atom stereocenters. The van der Waals surface area contributed by atoms with Crippen molar-refractivity contribution in [1.82, 2.24) is 10.2 Å². The minimum atomic E-state index is -0.158. The third kappa shape index (κ3) is 4.43. The second-order valence-corrected chi connectivity index (χ2v) is 8.06. The second-order valence-electron chi connectivity index (χ2n) is 8.06. The summed E-state index contributed by atoms with van der Waals surface area (Å²) in [5, 5.41) is 13.4. The first kappa shape index (κ1) is 17.2. The number of fused-ring (bicyclic) bond motifs is 1. The molecule has 1 heterocycles. The number of piperidine rings is 1. The van der Waals surface area contributed by atoms with Gasteiger partial charge in [-0.15, -0.1) is 0 Å². The lowest BCUT2D eigenvalue weighted by molar-refractivity contribution is 0.0132. The lowest BCUT2D eigenvalue weighted by Gasteiger charge is -2.48. The highest BCUT2D eigenvalue weighted by Crippen LogP contribution is 2.37. The summed E-state index contributed by atoms with van der Waals surface area (Å²) in [4.78, 5) is 2.77. The number of hydrogen-bond acceptors (Lipinski definition) is 3. The first-order chi connectivity index (χ1) is 9.95. The van der Waals surface area contributed by atoms with Crippen LogP contribution in [-0.4, -0.2) is 46.8 Å². The van der Waals surface area contributed by atoms with Crippen molar-refractivity contribution in [2.45, 2.75) is 96.3 Å². The number of nitrogens with one attached hydrogen (secondary N) is 1. The van der Waals surface area contributed by atoms with Gasteiger partial charge in [0.1, 0.15) is 0 Å². The van der Waals surface area contributed by atoms with Gasteiger partial charge in [0, 0.05) is 23.7 Å². The summed E-state index contributed by atoms with van der Waals surface area (Å²) in [6, 6.07) is 1.78. The van der Waals surface area contributed by atoms with E-state index in [1.807, 2.05) is 0 Å². The Kier molecular flexibility index (Phi) is 6.10. The van der Waals surface area contributed by atoms with Crippen LogP contribution in [0.5, 0.6) is 0 Å². The van der Waals surface area contributed by atoms with Crippen LogP contribution in [0.15, 0.2) is 0 Å². The van der Waals surface area contributed by atoms with Gasteiger partial charge in [-0.3, -0.25) is 4.90 Å². The van der Waals surface area contributed by atoms with Gasteiger partial charge < -0.3 is 10.4 Å². The van der Waals surface area contributed by atoms with Crippen molar-refractivity contribution in [2.75, 3.05) is 13.2 Å². The molecule has 2 fully saturated rings. The van der Waals surface area contributed by atoms with Crippen molar-refractivity contribution >= 4 is 0 Å². The predicted octanol–water partition coefficient (Wildman–Crippen LogP) is 3.17. The molecule has 2 rings (SSSR count). The number of aliphatic hydroxyl groups is 1. The first-order valence-corrected chi connectivity index (χ1v) is 9.09. The van der Waals surface area contributed by atoms with Crippen molar-refractivity contribution in [3.63, 3.8) is 0 Å². The van der Waals surface area contributed by atoms with Crippen LogP contribution >= 0.6 is 0 Å². The molecule has 1 aliphatic heterocycles. The average molecular weight is 296 g/mol. The molecule has 1 saturated heterocycles. The average Bonchev–Trinajstić information content (AvgIpc) is 2.45. The van der Waals surface area contributed by atoms with Crippen LogP contribution in [0.3, 0.4) is 0 Å². The van der Waals surface area contributed by atoms with Gasteiger partial charge in [-0.05, 0) is 58.4 Å². The first-order valence-electron chi connectivity index (χ1n) is 9.09. The van der Waals surface area contributed by atoms with Crippen LogP contribution < -0.4 is 5.32 Å². The molecule has 1 saturated carbocycles. The van der Waals surface area contributed by atoms with E-state index in [0.717, 1.165) is 18.4 Å². The zero-order valence-corrected chi connectivity index (χ0v) is 14.6. The van der Waals surface area contributed by atoms with E-state index < -0.39 is 0 Å². The molecule has 3 nitrogen and oxygen atoms in total. The molecule has 0 radical (unpaired) electrons. The zero-order valence-electron chi connectivity index (χ0n) is 14.6. The Morgan fingerprint density at radius 3 is 2.48 bits per heavy atom. The smallest absolute Gasteiger partial charge is 0.0611 e. The van der Waals surface area contributed by atoms with Gasteiger partial charge >= 0.3 is 0 Å². The lowest BCUT2D eigenvalue weighted by Crippen LogP contribution is -2.56. The summed E-state index contributed by atoms with van der Waals surface area (Å²) < 4.78 is 0. The Hall–Kier alpha value is -0.120. The van der Waals surface area contributed by atoms with E-state index in [9.17, 15) is 5.11 Å². The van der Waals surface area contributed by atoms with Crippen LogP contribution in [0, 0.1) is 5.92 Å². The summed E-state index contributed by atoms with van der Waals surface area (Å²) in [6.07, 6.45) is 9.51. The Balaban J connectivity index is 1.98. The highest BCUT2D eigenvalue weighted by Gasteiger charge is 2.37. The van der Waals surface area contributed by atoms with Gasteiger partial charge in [0.05, 0.1) is 6.61 Å². The summed E-state index contributed by atoms with van der Waals surface area (Å²) in [5.74, 6) is 0.938. The topological polar surface area (TPSA) is 35.5 Å². The summed E-state index contributed by atoms with van der Waals surface area (Å²) in [6.45, 7) is 10.3. The molecule has 3 heteroatoms. The van der Waals surface area contributed by atoms with Crippen molar-refractivity contribution in [2.24, 2.45) is 5.92 Å². The lowest BCUT2D eigenvalue weighted by atomic mass is 9.77. The molecule has 0 aromatic carbocycles. The van der Waals surface area contributed by atoms with Gasteiger partial charge in [0.25, 0.3) is 0 Å². The molecule has 0 spiro atoms. The van der Waals surface area contributed by atoms with Gasteiger partial charge in [-0.1, -0.05) is 26.7 Å². The van der Waals surface area contributed by atoms with E-state index >= 15 is 0 Å². The fourth-order valence-corrected chi connectivity index (χ4v) is 4.85. The highest BCUT2D eigenvalue weighted by molar-refractivity contribution is 4.94. The maximum absolute atomic E-state index is 9.83. The largest absolute Gasteiger partial charge is 0.394 e. The molecular weight excluding hydrogens is 260 g/mol. The maximum atomic E-state index is 9.83. The monoisotopic (exact) mass is 296 g/mol. The Morgan fingerprint density at radius 1 is 1.14 bits per heavy atom. The van der Waals surface area contributed by atoms with Crippen LogP contribution in [0.1, 0.15) is 72.6 Å². The van der Waals surface area contributed by atoms with E-state index in [2.05, 4.69) is 37.9 Å². The standard InChI is InChI=1S/C18H36N2O/c1-14(2)19-18(4,13-21)12-15(3)20-11-7-9-16-8-5-6-10-17(16)20/h14-17,19,21H,5-13H2,1-4H3. The van der Waals surface area contributed by atoms with Gasteiger partial charge in [0.15, 0.2) is 0 Å². The number of nitrogens with zero attached hydrogens (tertiary/aromatic N) is 1. The molecule has 0 amide bonds. The van der Waals surface area contributed by atoms with Crippen molar-refractivity contribution in [3.05, 3.63) is 0 Å². The van der Waals surface area contributed by atoms with Crippen LogP contribution in [0.2, 0.25) is 0 Å². The molecule has 2 N–H and O–H groups in total. The van der Waals surface area contributed by atoms with Gasteiger partial charge in [-0.25, -0.2) is 0 Å². The quantitative estimate of drug-likeness (QED) is 0.790. The number of aliphatic hydroxyl groups excluding tert-OH is 1. The van der Waals surface area contributed by atoms with E-state index in [1.165, 1.54) is 45.1 Å². The molecule has 2 aliphatic rings. The number of hydrogen-bond donors (Lipinski definition) is 2. The third-order valence-electron chi connectivity index (χ3n) is 5.58. The maximum Gasteiger partial charge on any atom is 0.0611 e. The van der Waals surface area contributed by atoms with Crippen molar-refractivity contribution < 1.29 is 5.11 Å². The minimum Gasteiger partial charge on any atom is -0.394 e. The molecular formula is C18H36N2O. The zero-order chi connectivity index (χ0) is 15.5. The fraction of sp³-hybridized carbons (Fsp3) is 1.00. The Bertz CT molecular complexity index is 318. The molecule has 124 valence electrons. The molecule has 4 atom stereocenters. The summed E-state index contributed by atoms with van der Waals surface area (Å²) >= 11 is 0. The van der Waals surface area contributed by atoms with Crippen LogP contribution in [0.25, 0.3) is 0 Å². The van der Waals surface area contributed by atoms with Crippen molar-refractivity contribution in [1.29, 1.82) is 0 Å². The van der Waals surface area contributed by atoms with Crippen LogP contribution in [-0.2, 0) is 0 Å². The van der Waals surface area contributed by atoms with E-state index in [1.54, 1.807) is 0 Å². The predicted molar refractivity (Wildman–Crippen MR) is 89.5 cm³/mol. The third-order valence-corrected chi connectivity index (χ3v) is 5.58. The van der Waals surface area contributed by atoms with Crippen molar-refractivity contribution in [3.8, 4) is 0 Å². The highest BCUT2D eigenvalue weighted by atomic mass is 16.3. The van der Waals surface area contributed by atoms with Gasteiger partial charge in [0.2, 0.25) is 0 Å². The van der Waals surface area contributed by atoms with E-state index in [4.69, 9.17) is 0 Å². The van der Waals surface area contributed by atoms with E-state index in [0.29, 0.717) is 12.1 Å². The summed E-state index contributed by atoms with van der Waals surface area (Å²) in [7, 11) is 0. The number of likely N-dealkylation sites (tertiary alicyclic amines) is 1. The van der Waals surface area contributed by atoms with Gasteiger partial charge in [-0.2, -0.15) is 0 Å². The molecule has 0 aromatic rings. The fourth-order valence-electron chi connectivity index (χ4n) is 4.85. The minimum absolute atomic E-state index is 0.158. The second kappa shape index (κ2) is 7.43. The Labute approximate surface area is 131 Å². The molecule has 0 aromatic heterocycles. The normalized spacial score (nSPS) is 31.7. The SMILES string of the molecule is CC(C)NC(C)(CO)CC(C)N1CCCC2CCCCC21. The number of rotatable bonds is 6. The molecule has 1 aliphatic carbocycles.